The Hall–Kier alpha value is -0.420. The second kappa shape index (κ2) is 8.89. The zero-order chi connectivity index (χ0) is 15.0. The molecule has 0 amide bonds. The molecule has 0 aromatic carbocycles. The number of hydrogen-bond donors (Lipinski definition) is 1. The van der Waals surface area contributed by atoms with Gasteiger partial charge in [-0.2, -0.15) is 0 Å². The van der Waals surface area contributed by atoms with Crippen LogP contribution < -0.4 is 5.32 Å². The fourth-order valence-electron chi connectivity index (χ4n) is 3.39. The minimum absolute atomic E-state index is 0.108. The van der Waals surface area contributed by atoms with Gasteiger partial charge in [-0.05, 0) is 38.1 Å². The van der Waals surface area contributed by atoms with E-state index in [2.05, 4.69) is 11.9 Å². The largest absolute Gasteiger partial charge is 0.376 e. The molecule has 2 rings (SSSR count). The van der Waals surface area contributed by atoms with Crippen molar-refractivity contribution in [1.82, 2.24) is 5.32 Å². The molecule has 0 radical (unpaired) electrons. The van der Waals surface area contributed by atoms with Gasteiger partial charge in [-0.15, -0.1) is 6.58 Å². The van der Waals surface area contributed by atoms with Gasteiger partial charge in [0, 0.05) is 26.5 Å². The van der Waals surface area contributed by atoms with Gasteiger partial charge in [-0.25, -0.2) is 0 Å². The van der Waals surface area contributed by atoms with Gasteiger partial charge in [0.05, 0.1) is 19.3 Å². The van der Waals surface area contributed by atoms with Crippen molar-refractivity contribution in [2.24, 2.45) is 5.92 Å². The van der Waals surface area contributed by atoms with E-state index in [4.69, 9.17) is 14.2 Å². The van der Waals surface area contributed by atoms with Crippen LogP contribution in [0.15, 0.2) is 12.7 Å². The molecule has 0 bridgehead atoms. The van der Waals surface area contributed by atoms with E-state index in [1.54, 1.807) is 7.11 Å². The Morgan fingerprint density at radius 2 is 2.10 bits per heavy atom. The average molecular weight is 297 g/mol. The van der Waals surface area contributed by atoms with Crippen LogP contribution in [0.1, 0.15) is 44.9 Å². The molecule has 2 atom stereocenters. The maximum absolute atomic E-state index is 6.07. The molecule has 1 aliphatic carbocycles. The highest BCUT2D eigenvalue weighted by molar-refractivity contribution is 4.84. The summed E-state index contributed by atoms with van der Waals surface area (Å²) in [4.78, 5) is 0. The van der Waals surface area contributed by atoms with E-state index in [1.807, 2.05) is 6.08 Å². The van der Waals surface area contributed by atoms with Crippen molar-refractivity contribution in [2.45, 2.75) is 56.8 Å². The van der Waals surface area contributed by atoms with E-state index < -0.39 is 0 Å². The molecular weight excluding hydrogens is 266 g/mol. The Kier molecular flexibility index (Phi) is 7.17. The average Bonchev–Trinajstić information content (AvgIpc) is 2.73. The molecule has 21 heavy (non-hydrogen) atoms. The van der Waals surface area contributed by atoms with Gasteiger partial charge in [-0.1, -0.05) is 12.5 Å². The third-order valence-electron chi connectivity index (χ3n) is 4.68. The quantitative estimate of drug-likeness (QED) is 0.579. The molecule has 1 aliphatic heterocycles. The number of nitrogens with one attached hydrogen (secondary N) is 1. The second-order valence-electron chi connectivity index (χ2n) is 6.28. The number of methoxy groups -OCH3 is 1. The first-order valence-corrected chi connectivity index (χ1v) is 8.42. The topological polar surface area (TPSA) is 39.7 Å². The molecule has 2 fully saturated rings. The van der Waals surface area contributed by atoms with Crippen LogP contribution in [0.5, 0.6) is 0 Å². The molecular formula is C17H31NO3. The molecule has 4 nitrogen and oxygen atoms in total. The summed E-state index contributed by atoms with van der Waals surface area (Å²) >= 11 is 0. The van der Waals surface area contributed by atoms with Gasteiger partial charge in [0.25, 0.3) is 0 Å². The van der Waals surface area contributed by atoms with Crippen LogP contribution in [0.2, 0.25) is 0 Å². The minimum atomic E-state index is -0.268. The summed E-state index contributed by atoms with van der Waals surface area (Å²) in [5.74, 6) is 0.435. The molecule has 122 valence electrons. The highest BCUT2D eigenvalue weighted by atomic mass is 16.7. The van der Waals surface area contributed by atoms with E-state index >= 15 is 0 Å². The molecule has 2 aliphatic rings. The lowest BCUT2D eigenvalue weighted by Crippen LogP contribution is -2.41. The maximum atomic E-state index is 6.07. The Morgan fingerprint density at radius 1 is 1.33 bits per heavy atom. The van der Waals surface area contributed by atoms with Crippen LogP contribution in [-0.4, -0.2) is 45.3 Å². The summed E-state index contributed by atoms with van der Waals surface area (Å²) in [5.41, 5.74) is 0. The van der Waals surface area contributed by atoms with Crippen LogP contribution in [0.4, 0.5) is 0 Å². The second-order valence-corrected chi connectivity index (χ2v) is 6.28. The van der Waals surface area contributed by atoms with Crippen molar-refractivity contribution in [3.05, 3.63) is 12.7 Å². The van der Waals surface area contributed by atoms with Crippen LogP contribution in [-0.2, 0) is 14.2 Å². The monoisotopic (exact) mass is 297 g/mol. The van der Waals surface area contributed by atoms with Gasteiger partial charge < -0.3 is 19.5 Å². The van der Waals surface area contributed by atoms with E-state index in [-0.39, 0.29) is 11.9 Å². The smallest absolute Gasteiger partial charge is 0.168 e. The zero-order valence-electron chi connectivity index (χ0n) is 13.4. The van der Waals surface area contributed by atoms with Gasteiger partial charge in [0.1, 0.15) is 0 Å². The first-order chi connectivity index (χ1) is 10.3. The van der Waals surface area contributed by atoms with Crippen molar-refractivity contribution in [2.75, 3.05) is 33.4 Å². The zero-order valence-corrected chi connectivity index (χ0v) is 13.4. The predicted molar refractivity (Wildman–Crippen MR) is 84.3 cm³/mol. The summed E-state index contributed by atoms with van der Waals surface area (Å²) in [6, 6.07) is 0. The van der Waals surface area contributed by atoms with E-state index in [0.717, 1.165) is 52.0 Å². The molecule has 1 heterocycles. The summed E-state index contributed by atoms with van der Waals surface area (Å²) < 4.78 is 17.4. The van der Waals surface area contributed by atoms with Gasteiger partial charge in [0.2, 0.25) is 0 Å². The Balaban J connectivity index is 1.70. The summed E-state index contributed by atoms with van der Waals surface area (Å²) in [7, 11) is 1.72. The Labute approximate surface area is 129 Å². The first kappa shape index (κ1) is 16.9. The van der Waals surface area contributed by atoms with E-state index in [9.17, 15) is 0 Å². The predicted octanol–water partition coefficient (Wildman–Crippen LogP) is 2.88. The van der Waals surface area contributed by atoms with Crippen molar-refractivity contribution in [3.63, 3.8) is 0 Å². The van der Waals surface area contributed by atoms with Crippen LogP contribution >= 0.6 is 0 Å². The highest BCUT2D eigenvalue weighted by Crippen LogP contribution is 2.38. The molecule has 1 N–H and O–H groups in total. The van der Waals surface area contributed by atoms with Crippen molar-refractivity contribution >= 4 is 0 Å². The number of rotatable bonds is 7. The minimum Gasteiger partial charge on any atom is -0.376 e. The third kappa shape index (κ3) is 5.37. The lowest BCUT2D eigenvalue weighted by atomic mass is 9.82. The summed E-state index contributed by atoms with van der Waals surface area (Å²) in [6.07, 6.45) is 10.0. The summed E-state index contributed by atoms with van der Waals surface area (Å²) in [5, 5.41) is 3.46. The third-order valence-corrected chi connectivity index (χ3v) is 4.68. The SMILES string of the molecule is C=CC(CNCCC1CCCC2(C1)OCCCCO2)OC. The molecule has 4 heteroatoms. The number of hydrogen-bond acceptors (Lipinski definition) is 4. The molecule has 1 saturated heterocycles. The molecule has 1 spiro atoms. The van der Waals surface area contributed by atoms with Crippen molar-refractivity contribution < 1.29 is 14.2 Å². The Bertz CT molecular complexity index is 300. The fourth-order valence-corrected chi connectivity index (χ4v) is 3.39. The highest BCUT2D eigenvalue weighted by Gasteiger charge is 2.38. The van der Waals surface area contributed by atoms with Crippen LogP contribution in [0.3, 0.4) is 0 Å². The van der Waals surface area contributed by atoms with Crippen molar-refractivity contribution in [1.29, 1.82) is 0 Å². The van der Waals surface area contributed by atoms with Crippen LogP contribution in [0.25, 0.3) is 0 Å². The van der Waals surface area contributed by atoms with E-state index in [0.29, 0.717) is 5.92 Å². The molecule has 1 saturated carbocycles. The van der Waals surface area contributed by atoms with Crippen LogP contribution in [0, 0.1) is 5.92 Å². The number of ether oxygens (including phenoxy) is 3. The summed E-state index contributed by atoms with van der Waals surface area (Å²) in [6.45, 7) is 7.35. The lowest BCUT2D eigenvalue weighted by molar-refractivity contribution is -0.248. The van der Waals surface area contributed by atoms with Gasteiger partial charge >= 0.3 is 0 Å². The molecule has 0 aromatic rings. The van der Waals surface area contributed by atoms with Crippen molar-refractivity contribution in [3.8, 4) is 0 Å². The molecule has 0 aromatic heterocycles. The maximum Gasteiger partial charge on any atom is 0.168 e. The Morgan fingerprint density at radius 3 is 2.76 bits per heavy atom. The lowest BCUT2D eigenvalue weighted by Gasteiger charge is -2.39. The van der Waals surface area contributed by atoms with Gasteiger partial charge in [0.15, 0.2) is 5.79 Å². The normalized spacial score (nSPS) is 27.2. The fraction of sp³-hybridized carbons (Fsp3) is 0.882. The van der Waals surface area contributed by atoms with E-state index in [1.165, 1.54) is 19.3 Å². The molecule has 2 unspecified atom stereocenters. The standard InChI is InChI=1S/C17H31NO3/c1-3-16(19-2)14-18-10-8-15-7-6-9-17(13-15)20-11-4-5-12-21-17/h3,15-16,18H,1,4-14H2,2H3. The van der Waals surface area contributed by atoms with Gasteiger partial charge in [-0.3, -0.25) is 0 Å². The first-order valence-electron chi connectivity index (χ1n) is 8.42.